The number of fused-ring (bicyclic) bond motifs is 1. The Labute approximate surface area is 115 Å². The van der Waals surface area contributed by atoms with Crippen molar-refractivity contribution in [2.45, 2.75) is 32.9 Å². The summed E-state index contributed by atoms with van der Waals surface area (Å²) in [4.78, 5) is 24.3. The van der Waals surface area contributed by atoms with Gasteiger partial charge in [0.15, 0.2) is 0 Å². The molecule has 0 atom stereocenters. The van der Waals surface area contributed by atoms with Crippen molar-refractivity contribution < 1.29 is 4.84 Å². The number of hydrogen-bond acceptors (Lipinski definition) is 4. The third-order valence-electron chi connectivity index (χ3n) is 2.34. The van der Waals surface area contributed by atoms with Crippen LogP contribution in [0.15, 0.2) is 23.0 Å². The lowest BCUT2D eigenvalue weighted by Crippen LogP contribution is -2.30. The molecule has 0 bridgehead atoms. The minimum Gasteiger partial charge on any atom is -0.309 e. The van der Waals surface area contributed by atoms with Crippen molar-refractivity contribution >= 4 is 22.5 Å². The molecule has 1 aromatic heterocycles. The molecule has 6 heteroatoms. The first kappa shape index (κ1) is 14.0. The standard InChI is InChI=1S/C13H16ClN3O2/c1-13(2,3)19-15-7-11-16-10-6-8(14)4-5-9(10)12(18)17-11/h4-6,15H,7H2,1-3H3,(H,16,17,18). The number of aromatic nitrogens is 2. The van der Waals surface area contributed by atoms with Crippen LogP contribution in [0.5, 0.6) is 0 Å². The molecule has 19 heavy (non-hydrogen) atoms. The zero-order valence-electron chi connectivity index (χ0n) is 11.1. The first-order valence-electron chi connectivity index (χ1n) is 5.94. The topological polar surface area (TPSA) is 67.0 Å². The maximum atomic E-state index is 11.9. The van der Waals surface area contributed by atoms with Crippen LogP contribution in [0.4, 0.5) is 0 Å². The molecule has 0 aliphatic carbocycles. The SMILES string of the molecule is CC(C)(C)ONCc1nc2cc(Cl)ccc2c(=O)[nH]1. The number of nitrogens with zero attached hydrogens (tertiary/aromatic N) is 1. The first-order chi connectivity index (χ1) is 8.85. The quantitative estimate of drug-likeness (QED) is 0.848. The van der Waals surface area contributed by atoms with Gasteiger partial charge in [0.1, 0.15) is 5.82 Å². The highest BCUT2D eigenvalue weighted by Gasteiger charge is 2.10. The molecule has 1 aromatic carbocycles. The Morgan fingerprint density at radius 1 is 1.42 bits per heavy atom. The van der Waals surface area contributed by atoms with Gasteiger partial charge in [-0.1, -0.05) is 11.6 Å². The normalized spacial score (nSPS) is 12.0. The van der Waals surface area contributed by atoms with Crippen molar-refractivity contribution in [1.82, 2.24) is 15.4 Å². The smallest absolute Gasteiger partial charge is 0.258 e. The largest absolute Gasteiger partial charge is 0.309 e. The van der Waals surface area contributed by atoms with Crippen LogP contribution in [0, 0.1) is 0 Å². The van der Waals surface area contributed by atoms with E-state index in [0.717, 1.165) is 0 Å². The lowest BCUT2D eigenvalue weighted by Gasteiger charge is -2.19. The van der Waals surface area contributed by atoms with Gasteiger partial charge in [0.05, 0.1) is 23.0 Å². The molecule has 2 N–H and O–H groups in total. The number of nitrogens with one attached hydrogen (secondary N) is 2. The summed E-state index contributed by atoms with van der Waals surface area (Å²) in [5, 5.41) is 1.07. The van der Waals surface area contributed by atoms with Gasteiger partial charge in [0.25, 0.3) is 5.56 Å². The van der Waals surface area contributed by atoms with E-state index >= 15 is 0 Å². The minimum absolute atomic E-state index is 0.186. The number of H-pyrrole nitrogens is 1. The molecule has 1 heterocycles. The molecule has 5 nitrogen and oxygen atoms in total. The van der Waals surface area contributed by atoms with Gasteiger partial charge >= 0.3 is 0 Å². The molecule has 0 spiro atoms. The zero-order chi connectivity index (χ0) is 14.0. The van der Waals surface area contributed by atoms with Crippen molar-refractivity contribution in [3.63, 3.8) is 0 Å². The minimum atomic E-state index is -0.305. The summed E-state index contributed by atoms with van der Waals surface area (Å²) in [6, 6.07) is 4.99. The summed E-state index contributed by atoms with van der Waals surface area (Å²) in [5.41, 5.74) is 2.86. The molecule has 2 rings (SSSR count). The fourth-order valence-corrected chi connectivity index (χ4v) is 1.73. The number of hydroxylamine groups is 1. The molecule has 0 fully saturated rings. The second-order valence-corrected chi connectivity index (χ2v) is 5.65. The lowest BCUT2D eigenvalue weighted by atomic mass is 10.2. The van der Waals surface area contributed by atoms with E-state index in [-0.39, 0.29) is 11.2 Å². The van der Waals surface area contributed by atoms with Crippen molar-refractivity contribution in [2.24, 2.45) is 0 Å². The van der Waals surface area contributed by atoms with E-state index in [2.05, 4.69) is 15.4 Å². The number of aromatic amines is 1. The van der Waals surface area contributed by atoms with Gasteiger partial charge in [-0.15, -0.1) is 0 Å². The molecule has 0 aliphatic heterocycles. The van der Waals surface area contributed by atoms with Crippen LogP contribution >= 0.6 is 11.6 Å². The average Bonchev–Trinajstić information content (AvgIpc) is 2.26. The predicted octanol–water partition coefficient (Wildman–Crippen LogP) is 2.40. The molecular weight excluding hydrogens is 266 g/mol. The van der Waals surface area contributed by atoms with E-state index in [0.29, 0.717) is 28.3 Å². The Morgan fingerprint density at radius 2 is 2.16 bits per heavy atom. The van der Waals surface area contributed by atoms with Crippen LogP contribution in [0.25, 0.3) is 10.9 Å². The molecule has 0 saturated carbocycles. The van der Waals surface area contributed by atoms with Gasteiger partial charge in [0.2, 0.25) is 0 Å². The summed E-state index contributed by atoms with van der Waals surface area (Å²) in [7, 11) is 0. The summed E-state index contributed by atoms with van der Waals surface area (Å²) in [6.45, 7) is 6.10. The van der Waals surface area contributed by atoms with E-state index in [9.17, 15) is 4.79 Å². The lowest BCUT2D eigenvalue weighted by molar-refractivity contribution is -0.0765. The van der Waals surface area contributed by atoms with Crippen molar-refractivity contribution in [3.8, 4) is 0 Å². The monoisotopic (exact) mass is 281 g/mol. The first-order valence-corrected chi connectivity index (χ1v) is 6.32. The van der Waals surface area contributed by atoms with Crippen LogP contribution in [-0.4, -0.2) is 15.6 Å². The Kier molecular flexibility index (Phi) is 3.89. The highest BCUT2D eigenvalue weighted by molar-refractivity contribution is 6.31. The number of rotatable bonds is 3. The van der Waals surface area contributed by atoms with Crippen LogP contribution in [0.2, 0.25) is 5.02 Å². The Balaban J connectivity index is 2.23. The van der Waals surface area contributed by atoms with Gasteiger partial charge in [-0.05, 0) is 39.0 Å². The molecule has 0 unspecified atom stereocenters. The second-order valence-electron chi connectivity index (χ2n) is 5.21. The van der Waals surface area contributed by atoms with Crippen LogP contribution in [0.1, 0.15) is 26.6 Å². The average molecular weight is 282 g/mol. The van der Waals surface area contributed by atoms with Gasteiger partial charge in [-0.25, -0.2) is 4.98 Å². The molecule has 0 amide bonds. The van der Waals surface area contributed by atoms with E-state index in [1.807, 2.05) is 20.8 Å². The summed E-state index contributed by atoms with van der Waals surface area (Å²) < 4.78 is 0. The zero-order valence-corrected chi connectivity index (χ0v) is 11.8. The van der Waals surface area contributed by atoms with E-state index in [1.54, 1.807) is 18.2 Å². The van der Waals surface area contributed by atoms with Crippen LogP contribution < -0.4 is 11.0 Å². The summed E-state index contributed by atoms with van der Waals surface area (Å²) in [6.07, 6.45) is 0. The summed E-state index contributed by atoms with van der Waals surface area (Å²) >= 11 is 5.89. The van der Waals surface area contributed by atoms with Crippen molar-refractivity contribution in [3.05, 3.63) is 39.4 Å². The summed E-state index contributed by atoms with van der Waals surface area (Å²) in [5.74, 6) is 0.504. The van der Waals surface area contributed by atoms with Crippen LogP contribution in [0.3, 0.4) is 0 Å². The number of hydrogen-bond donors (Lipinski definition) is 2. The fourth-order valence-electron chi connectivity index (χ4n) is 1.57. The Hall–Kier alpha value is -1.43. The Morgan fingerprint density at radius 3 is 2.84 bits per heavy atom. The molecular formula is C13H16ClN3O2. The maximum Gasteiger partial charge on any atom is 0.258 e. The van der Waals surface area contributed by atoms with Gasteiger partial charge in [-0.2, -0.15) is 5.48 Å². The molecule has 0 saturated heterocycles. The van der Waals surface area contributed by atoms with Crippen molar-refractivity contribution in [1.29, 1.82) is 0 Å². The molecule has 2 aromatic rings. The molecule has 0 radical (unpaired) electrons. The fraction of sp³-hybridized carbons (Fsp3) is 0.385. The van der Waals surface area contributed by atoms with Gasteiger partial charge in [0, 0.05) is 5.02 Å². The van der Waals surface area contributed by atoms with Gasteiger partial charge < -0.3 is 4.98 Å². The van der Waals surface area contributed by atoms with E-state index in [4.69, 9.17) is 16.4 Å². The van der Waals surface area contributed by atoms with E-state index in [1.165, 1.54) is 0 Å². The maximum absolute atomic E-state index is 11.9. The number of halogens is 1. The third-order valence-corrected chi connectivity index (χ3v) is 2.57. The van der Waals surface area contributed by atoms with Crippen LogP contribution in [-0.2, 0) is 11.4 Å². The molecule has 102 valence electrons. The second kappa shape index (κ2) is 5.28. The number of benzene rings is 1. The highest BCUT2D eigenvalue weighted by Crippen LogP contribution is 2.14. The Bertz CT molecular complexity index is 646. The van der Waals surface area contributed by atoms with Gasteiger partial charge in [-0.3, -0.25) is 9.63 Å². The van der Waals surface area contributed by atoms with E-state index < -0.39 is 0 Å². The highest BCUT2D eigenvalue weighted by atomic mass is 35.5. The molecule has 0 aliphatic rings. The predicted molar refractivity (Wildman–Crippen MR) is 75.1 cm³/mol. The third kappa shape index (κ3) is 3.76. The van der Waals surface area contributed by atoms with Crippen molar-refractivity contribution in [2.75, 3.05) is 0 Å².